The fraction of sp³-hybridized carbons (Fsp3) is 0.200. The normalized spacial score (nSPS) is 11.6. The molecule has 9 heteroatoms. The van der Waals surface area contributed by atoms with Gasteiger partial charge in [-0.1, -0.05) is 55.6 Å². The van der Waals surface area contributed by atoms with Gasteiger partial charge in [0.05, 0.1) is 30.3 Å². The Balaban J connectivity index is 1.94. The van der Waals surface area contributed by atoms with Gasteiger partial charge >= 0.3 is 5.97 Å². The van der Waals surface area contributed by atoms with Gasteiger partial charge in [0, 0.05) is 8.95 Å². The molecule has 0 aliphatic heterocycles. The van der Waals surface area contributed by atoms with Crippen LogP contribution in [0.3, 0.4) is 0 Å². The molecule has 0 unspecified atom stereocenters. The molecule has 0 saturated heterocycles. The number of esters is 1. The summed E-state index contributed by atoms with van der Waals surface area (Å²) in [6, 6.07) is 17.5. The van der Waals surface area contributed by atoms with Crippen molar-refractivity contribution in [1.29, 1.82) is 0 Å². The molecule has 0 spiro atoms. The van der Waals surface area contributed by atoms with Crippen LogP contribution < -0.4 is 0 Å². The smallest absolute Gasteiger partial charge is 0.338 e. The number of benzene rings is 3. The number of hydrazone groups is 1. The number of carbonyl (C=O) groups is 1. The van der Waals surface area contributed by atoms with Gasteiger partial charge in [-0.15, -0.1) is 0 Å². The fourth-order valence-corrected chi connectivity index (χ4v) is 5.34. The van der Waals surface area contributed by atoms with E-state index >= 15 is 0 Å². The predicted molar refractivity (Wildman–Crippen MR) is 141 cm³/mol. The maximum atomic E-state index is 13.4. The predicted octanol–water partition coefficient (Wildman–Crippen LogP) is 5.88. The minimum Gasteiger partial charge on any atom is -0.465 e. The first-order chi connectivity index (χ1) is 16.1. The van der Waals surface area contributed by atoms with Crippen molar-refractivity contribution in [1.82, 2.24) is 4.41 Å². The summed E-state index contributed by atoms with van der Waals surface area (Å²) < 4.78 is 34.5. The first-order valence-electron chi connectivity index (χ1n) is 10.4. The van der Waals surface area contributed by atoms with E-state index in [4.69, 9.17) is 4.74 Å². The molecule has 0 aromatic heterocycles. The first-order valence-corrected chi connectivity index (χ1v) is 13.4. The number of methoxy groups -OCH3 is 1. The van der Waals surface area contributed by atoms with Crippen LogP contribution in [0.2, 0.25) is 0 Å². The van der Waals surface area contributed by atoms with Crippen LogP contribution in [0, 0.1) is 13.8 Å². The SMILES string of the molecule is COC(=O)c1ccc(/C=N/N(CCc2cc(Br)ccc2Br)S(=O)(=O)c2ccc(C)cc2)cc1C. The van der Waals surface area contributed by atoms with E-state index in [0.29, 0.717) is 23.1 Å². The van der Waals surface area contributed by atoms with Crippen LogP contribution in [-0.2, 0) is 21.2 Å². The zero-order valence-corrected chi connectivity index (χ0v) is 22.9. The number of rotatable bonds is 8. The van der Waals surface area contributed by atoms with E-state index < -0.39 is 16.0 Å². The summed E-state index contributed by atoms with van der Waals surface area (Å²) in [5, 5.41) is 4.34. The number of ether oxygens (including phenoxy) is 1. The third-order valence-corrected chi connectivity index (χ3v) is 8.13. The maximum absolute atomic E-state index is 13.4. The number of carbonyl (C=O) groups excluding carboxylic acids is 1. The lowest BCUT2D eigenvalue weighted by molar-refractivity contribution is 0.0600. The molecule has 0 saturated carbocycles. The second-order valence-corrected chi connectivity index (χ2v) is 11.3. The Morgan fingerprint density at radius 1 is 1.03 bits per heavy atom. The molecule has 0 amide bonds. The van der Waals surface area contributed by atoms with E-state index in [9.17, 15) is 13.2 Å². The number of nitrogens with zero attached hydrogens (tertiary/aromatic N) is 2. The van der Waals surface area contributed by atoms with E-state index in [2.05, 4.69) is 37.0 Å². The highest BCUT2D eigenvalue weighted by Crippen LogP contribution is 2.24. The van der Waals surface area contributed by atoms with Crippen molar-refractivity contribution in [3.8, 4) is 0 Å². The Labute approximate surface area is 216 Å². The van der Waals surface area contributed by atoms with Crippen LogP contribution in [0.25, 0.3) is 0 Å². The second-order valence-electron chi connectivity index (χ2n) is 7.66. The van der Waals surface area contributed by atoms with Crippen LogP contribution in [0.1, 0.15) is 32.6 Å². The van der Waals surface area contributed by atoms with Gasteiger partial charge in [0.15, 0.2) is 0 Å². The van der Waals surface area contributed by atoms with Gasteiger partial charge in [-0.05, 0) is 79.4 Å². The van der Waals surface area contributed by atoms with Crippen molar-refractivity contribution in [2.24, 2.45) is 5.10 Å². The van der Waals surface area contributed by atoms with Crippen LogP contribution in [0.4, 0.5) is 0 Å². The molecule has 34 heavy (non-hydrogen) atoms. The molecule has 6 nitrogen and oxygen atoms in total. The van der Waals surface area contributed by atoms with Crippen molar-refractivity contribution in [2.45, 2.75) is 25.2 Å². The molecule has 0 N–H and O–H groups in total. The van der Waals surface area contributed by atoms with Gasteiger partial charge in [0.1, 0.15) is 0 Å². The van der Waals surface area contributed by atoms with Gasteiger partial charge in [-0.2, -0.15) is 17.9 Å². The monoisotopic (exact) mass is 606 g/mol. The standard InChI is InChI=1S/C25H24Br2N2O4S/c1-17-4-8-22(9-5-17)34(31,32)29(13-12-20-15-21(26)7-11-24(20)27)28-16-19-6-10-23(18(2)14-19)25(30)33-3/h4-11,14-16H,12-13H2,1-3H3/b28-16+. The minimum atomic E-state index is -3.88. The second kappa shape index (κ2) is 11.3. The molecule has 0 fully saturated rings. The maximum Gasteiger partial charge on any atom is 0.338 e. The van der Waals surface area contributed by atoms with E-state index in [1.54, 1.807) is 49.4 Å². The van der Waals surface area contributed by atoms with Crippen LogP contribution in [0.5, 0.6) is 0 Å². The molecule has 0 aliphatic carbocycles. The molecule has 0 bridgehead atoms. The zero-order chi connectivity index (χ0) is 24.9. The lowest BCUT2D eigenvalue weighted by atomic mass is 10.1. The first kappa shape index (κ1) is 26.1. The van der Waals surface area contributed by atoms with E-state index in [0.717, 1.165) is 24.5 Å². The molecule has 0 aliphatic rings. The molecule has 0 heterocycles. The Bertz CT molecular complexity index is 1320. The van der Waals surface area contributed by atoms with E-state index in [1.807, 2.05) is 25.1 Å². The minimum absolute atomic E-state index is 0.140. The Kier molecular flexibility index (Phi) is 8.67. The summed E-state index contributed by atoms with van der Waals surface area (Å²) in [5.74, 6) is -0.427. The highest BCUT2D eigenvalue weighted by Gasteiger charge is 2.23. The molecule has 3 rings (SSSR count). The molecule has 178 valence electrons. The van der Waals surface area contributed by atoms with Crippen molar-refractivity contribution < 1.29 is 17.9 Å². The Morgan fingerprint density at radius 3 is 2.38 bits per heavy atom. The Hall–Kier alpha value is -2.49. The highest BCUT2D eigenvalue weighted by atomic mass is 79.9. The fourth-order valence-electron chi connectivity index (χ4n) is 3.26. The van der Waals surface area contributed by atoms with Crippen LogP contribution in [0.15, 0.2) is 79.6 Å². The van der Waals surface area contributed by atoms with Gasteiger partial charge in [-0.25, -0.2) is 4.79 Å². The van der Waals surface area contributed by atoms with Crippen LogP contribution >= 0.6 is 31.9 Å². The molecule has 3 aromatic rings. The third-order valence-electron chi connectivity index (χ3n) is 5.17. The summed E-state index contributed by atoms with van der Waals surface area (Å²) >= 11 is 6.99. The lowest BCUT2D eigenvalue weighted by Crippen LogP contribution is -2.28. The van der Waals surface area contributed by atoms with Crippen molar-refractivity contribution in [2.75, 3.05) is 13.7 Å². The summed E-state index contributed by atoms with van der Waals surface area (Å²) in [6.07, 6.45) is 1.93. The highest BCUT2D eigenvalue weighted by molar-refractivity contribution is 9.11. The van der Waals surface area contributed by atoms with E-state index in [-0.39, 0.29) is 11.4 Å². The summed E-state index contributed by atoms with van der Waals surface area (Å²) in [4.78, 5) is 12.0. The topological polar surface area (TPSA) is 76.0 Å². The molecule has 0 radical (unpaired) electrons. The third kappa shape index (κ3) is 6.34. The zero-order valence-electron chi connectivity index (χ0n) is 19.0. The summed E-state index contributed by atoms with van der Waals surface area (Å²) in [6.45, 7) is 3.83. The summed E-state index contributed by atoms with van der Waals surface area (Å²) in [7, 11) is -2.55. The van der Waals surface area contributed by atoms with Crippen molar-refractivity contribution in [3.05, 3.63) is 97.4 Å². The molecule has 0 atom stereocenters. The average molecular weight is 608 g/mol. The number of halogens is 2. The number of sulfonamides is 1. The van der Waals surface area contributed by atoms with Crippen LogP contribution in [-0.4, -0.2) is 38.7 Å². The lowest BCUT2D eigenvalue weighted by Gasteiger charge is -2.20. The quantitative estimate of drug-likeness (QED) is 0.182. The van der Waals surface area contributed by atoms with Crippen molar-refractivity contribution in [3.63, 3.8) is 0 Å². The van der Waals surface area contributed by atoms with Gasteiger partial charge in [0.25, 0.3) is 10.0 Å². The molecular weight excluding hydrogens is 584 g/mol. The van der Waals surface area contributed by atoms with Gasteiger partial charge < -0.3 is 4.74 Å². The average Bonchev–Trinajstić information content (AvgIpc) is 2.80. The molecule has 3 aromatic carbocycles. The van der Waals surface area contributed by atoms with Gasteiger partial charge in [0.2, 0.25) is 0 Å². The van der Waals surface area contributed by atoms with Crippen molar-refractivity contribution >= 4 is 54.1 Å². The summed E-state index contributed by atoms with van der Waals surface area (Å²) in [5.41, 5.74) is 3.74. The number of aryl methyl sites for hydroxylation is 2. The van der Waals surface area contributed by atoms with E-state index in [1.165, 1.54) is 13.3 Å². The Morgan fingerprint density at radius 2 is 1.74 bits per heavy atom. The molecular formula is C25H24Br2N2O4S. The number of hydrogen-bond donors (Lipinski definition) is 0. The largest absolute Gasteiger partial charge is 0.465 e. The van der Waals surface area contributed by atoms with Gasteiger partial charge in [-0.3, -0.25) is 0 Å². The number of hydrogen-bond acceptors (Lipinski definition) is 5.